The Labute approximate surface area is 291 Å². The van der Waals surface area contributed by atoms with Gasteiger partial charge in [0, 0.05) is 26.7 Å². The number of sulfonamides is 1. The number of Topliss-reactive ketones (excluding diaryl/α,β-unsaturated/α-hetero) is 1. The number of urea groups is 1. The van der Waals surface area contributed by atoms with Crippen LogP contribution in [-0.4, -0.2) is 103 Å². The van der Waals surface area contributed by atoms with Crippen LogP contribution >= 0.6 is 0 Å². The van der Waals surface area contributed by atoms with Crippen molar-refractivity contribution in [1.82, 2.24) is 30.5 Å². The fraction of sp³-hybridized carbons (Fsp3) is 0.857. The number of carbonyl (C=O) groups is 5. The Morgan fingerprint density at radius 3 is 2.06 bits per heavy atom. The van der Waals surface area contributed by atoms with Gasteiger partial charge in [-0.25, -0.2) is 17.5 Å². The summed E-state index contributed by atoms with van der Waals surface area (Å²) < 4.78 is 27.1. The van der Waals surface area contributed by atoms with E-state index in [0.717, 1.165) is 64.2 Å². The Kier molecular flexibility index (Phi) is 11.7. The van der Waals surface area contributed by atoms with E-state index < -0.39 is 57.3 Å². The lowest BCUT2D eigenvalue weighted by molar-refractivity contribution is -0.144. The van der Waals surface area contributed by atoms with Gasteiger partial charge in [-0.3, -0.25) is 19.2 Å². The number of piperidine rings is 1. The number of ketones is 1. The van der Waals surface area contributed by atoms with Crippen molar-refractivity contribution in [3.8, 4) is 0 Å². The van der Waals surface area contributed by atoms with E-state index in [2.05, 4.69) is 35.1 Å². The van der Waals surface area contributed by atoms with Gasteiger partial charge in [0.2, 0.25) is 27.6 Å². The molecule has 4 N–H and O–H groups in total. The lowest BCUT2D eigenvalue weighted by Gasteiger charge is -2.39. The first-order valence-corrected chi connectivity index (χ1v) is 20.2. The van der Waals surface area contributed by atoms with Crippen LogP contribution in [0.4, 0.5) is 4.79 Å². The van der Waals surface area contributed by atoms with Crippen molar-refractivity contribution in [3.63, 3.8) is 0 Å². The third-order valence-corrected chi connectivity index (χ3v) is 13.9. The van der Waals surface area contributed by atoms with Crippen LogP contribution in [0.15, 0.2) is 0 Å². The van der Waals surface area contributed by atoms with E-state index >= 15 is 0 Å². The van der Waals surface area contributed by atoms with Gasteiger partial charge >= 0.3 is 6.03 Å². The van der Waals surface area contributed by atoms with Gasteiger partial charge in [-0.2, -0.15) is 0 Å². The second kappa shape index (κ2) is 15.2. The smallest absolute Gasteiger partial charge is 0.315 e. The quantitative estimate of drug-likeness (QED) is 0.281. The molecule has 2 saturated heterocycles. The van der Waals surface area contributed by atoms with Crippen molar-refractivity contribution < 1.29 is 32.4 Å². The van der Waals surface area contributed by atoms with Gasteiger partial charge in [-0.15, -0.1) is 0 Å². The topological polar surface area (TPSA) is 174 Å². The standard InChI is InChI=1S/C35H58N6O7S/c1-34(2)24-21-41-28(27(24)34)30(43)37-25(29(42)31(44)36-23-17-18-23)15-11-8-6-5-7-9-12-16-26(32(41)45)38-33(46)39-35(19-13-10-14-20-35)22-49(47,48)40(3)4/h23-28H,5-22H2,1-4H3,(H,36,44)(H,37,43)(H2,38,39,46)/t24-,25+,26+,27-,28-/m0/s1. The van der Waals surface area contributed by atoms with E-state index in [1.54, 1.807) is 4.90 Å². The summed E-state index contributed by atoms with van der Waals surface area (Å²) in [5, 5.41) is 11.6. The second-order valence-corrected chi connectivity index (χ2v) is 18.3. The van der Waals surface area contributed by atoms with Crippen LogP contribution in [0.3, 0.4) is 0 Å². The van der Waals surface area contributed by atoms with Crippen LogP contribution in [0.1, 0.15) is 117 Å². The van der Waals surface area contributed by atoms with Crippen molar-refractivity contribution >= 4 is 39.6 Å². The largest absolute Gasteiger partial charge is 0.347 e. The van der Waals surface area contributed by atoms with Crippen molar-refractivity contribution in [3.05, 3.63) is 0 Å². The molecule has 0 radical (unpaired) electrons. The first kappa shape index (κ1) is 37.5. The number of nitrogens with one attached hydrogen (secondary N) is 4. The molecule has 5 fully saturated rings. The molecule has 5 rings (SSSR count). The molecule has 0 bridgehead atoms. The predicted molar refractivity (Wildman–Crippen MR) is 185 cm³/mol. The molecule has 49 heavy (non-hydrogen) atoms. The highest BCUT2D eigenvalue weighted by Crippen LogP contribution is 2.65. The molecule has 0 aromatic carbocycles. The second-order valence-electron chi connectivity index (χ2n) is 16.1. The number of nitrogens with zero attached hydrogens (tertiary/aromatic N) is 2. The van der Waals surface area contributed by atoms with Gasteiger partial charge < -0.3 is 26.2 Å². The van der Waals surface area contributed by atoms with Crippen LogP contribution in [0, 0.1) is 17.3 Å². The van der Waals surface area contributed by atoms with Crippen molar-refractivity contribution in [1.29, 1.82) is 0 Å². The average Bonchev–Trinajstić information content (AvgIpc) is 3.88. The SMILES string of the molecule is CN(C)S(=O)(=O)CC1(NC(=O)N[C@@H]2CCCCCCCCC[C@H](C(=O)C(=O)NC3CC3)NC(=O)[C@@H]3[C@@H]4[C@H](CN3C2=O)C4(C)C)CCCCC1. The van der Waals surface area contributed by atoms with Crippen LogP contribution in [0.2, 0.25) is 0 Å². The summed E-state index contributed by atoms with van der Waals surface area (Å²) in [6.07, 6.45) is 12.1. The maximum Gasteiger partial charge on any atom is 0.315 e. The third-order valence-electron chi connectivity index (χ3n) is 11.8. The minimum absolute atomic E-state index is 0.0151. The molecule has 3 saturated carbocycles. The van der Waals surface area contributed by atoms with E-state index in [-0.39, 0.29) is 35.0 Å². The summed E-state index contributed by atoms with van der Waals surface area (Å²) in [7, 11) is -0.642. The summed E-state index contributed by atoms with van der Waals surface area (Å²) in [4.78, 5) is 69.8. The summed E-state index contributed by atoms with van der Waals surface area (Å²) in [6, 6.07) is -3.27. The van der Waals surface area contributed by atoms with Crippen LogP contribution in [-0.2, 0) is 29.2 Å². The molecular formula is C35H58N6O7S. The molecule has 14 heteroatoms. The molecule has 0 aromatic heterocycles. The maximum atomic E-state index is 14.4. The molecule has 276 valence electrons. The van der Waals surface area contributed by atoms with Crippen LogP contribution in [0.25, 0.3) is 0 Å². The van der Waals surface area contributed by atoms with Gasteiger partial charge in [-0.05, 0) is 55.8 Å². The molecule has 5 aliphatic rings. The first-order valence-electron chi connectivity index (χ1n) is 18.6. The summed E-state index contributed by atoms with van der Waals surface area (Å²) in [5.74, 6) is -2.33. The highest BCUT2D eigenvalue weighted by Gasteiger charge is 2.69. The van der Waals surface area contributed by atoms with Crippen LogP contribution < -0.4 is 21.3 Å². The van der Waals surface area contributed by atoms with Gasteiger partial charge in [0.15, 0.2) is 0 Å². The van der Waals surface area contributed by atoms with Crippen molar-refractivity contribution in [2.24, 2.45) is 17.3 Å². The Balaban J connectivity index is 1.36. The fourth-order valence-corrected chi connectivity index (χ4v) is 9.78. The van der Waals surface area contributed by atoms with E-state index in [1.807, 2.05) is 0 Å². The number of hydrogen-bond donors (Lipinski definition) is 4. The van der Waals surface area contributed by atoms with E-state index in [0.29, 0.717) is 45.1 Å². The lowest BCUT2D eigenvalue weighted by atomic mass is 9.83. The Bertz CT molecular complexity index is 1370. The highest BCUT2D eigenvalue weighted by atomic mass is 32.2. The molecular weight excluding hydrogens is 648 g/mol. The van der Waals surface area contributed by atoms with E-state index in [1.165, 1.54) is 18.4 Å². The molecule has 0 spiro atoms. The minimum atomic E-state index is -3.61. The van der Waals surface area contributed by atoms with E-state index in [4.69, 9.17) is 0 Å². The monoisotopic (exact) mass is 706 g/mol. The number of rotatable bonds is 8. The van der Waals surface area contributed by atoms with Gasteiger partial charge in [0.05, 0.1) is 17.3 Å². The van der Waals surface area contributed by atoms with Gasteiger partial charge in [0.1, 0.15) is 12.1 Å². The zero-order valence-electron chi connectivity index (χ0n) is 29.9. The Morgan fingerprint density at radius 2 is 1.45 bits per heavy atom. The Morgan fingerprint density at radius 1 is 0.857 bits per heavy atom. The summed E-state index contributed by atoms with van der Waals surface area (Å²) in [6.45, 7) is 4.52. The number of fused-ring (bicyclic) bond motifs is 3. The Hall–Kier alpha value is -2.74. The highest BCUT2D eigenvalue weighted by molar-refractivity contribution is 7.89. The molecule has 5 amide bonds. The minimum Gasteiger partial charge on any atom is -0.347 e. The van der Waals surface area contributed by atoms with Gasteiger partial charge in [0.25, 0.3) is 5.91 Å². The molecule has 0 unspecified atom stereocenters. The van der Waals surface area contributed by atoms with Crippen molar-refractivity contribution in [2.75, 3.05) is 26.4 Å². The van der Waals surface area contributed by atoms with Crippen LogP contribution in [0.5, 0.6) is 0 Å². The normalized spacial score (nSPS) is 30.8. The molecule has 3 aliphatic carbocycles. The zero-order chi connectivity index (χ0) is 35.6. The van der Waals surface area contributed by atoms with Crippen molar-refractivity contribution in [2.45, 2.75) is 146 Å². The zero-order valence-corrected chi connectivity index (χ0v) is 30.7. The fourth-order valence-electron chi connectivity index (χ4n) is 8.47. The van der Waals surface area contributed by atoms with E-state index in [9.17, 15) is 32.4 Å². The molecule has 0 aromatic rings. The molecule has 2 aliphatic heterocycles. The first-order chi connectivity index (χ1) is 23.1. The maximum absolute atomic E-state index is 14.4. The third kappa shape index (κ3) is 8.95. The molecule has 2 heterocycles. The number of amides is 5. The lowest BCUT2D eigenvalue weighted by Crippen LogP contribution is -2.62. The summed E-state index contributed by atoms with van der Waals surface area (Å²) >= 11 is 0. The molecule has 13 nitrogen and oxygen atoms in total. The number of carbonyl (C=O) groups excluding carboxylic acids is 5. The predicted octanol–water partition coefficient (Wildman–Crippen LogP) is 2.59. The molecule has 5 atom stereocenters. The average molecular weight is 707 g/mol. The van der Waals surface area contributed by atoms with Gasteiger partial charge in [-0.1, -0.05) is 78.1 Å². The summed E-state index contributed by atoms with van der Waals surface area (Å²) in [5.41, 5.74) is -1.12. The number of hydrogen-bond acceptors (Lipinski definition) is 7.